The minimum atomic E-state index is -0.179. The van der Waals surface area contributed by atoms with Gasteiger partial charge in [0.1, 0.15) is 11.4 Å². The predicted molar refractivity (Wildman–Crippen MR) is 105 cm³/mol. The first kappa shape index (κ1) is 17.2. The van der Waals surface area contributed by atoms with Crippen LogP contribution in [0.15, 0.2) is 58.4 Å². The Kier molecular flexibility index (Phi) is 4.84. The minimum absolute atomic E-state index is 0.134. The summed E-state index contributed by atoms with van der Waals surface area (Å²) >= 11 is 1.39. The lowest BCUT2D eigenvalue weighted by atomic mass is 10.1. The van der Waals surface area contributed by atoms with Crippen LogP contribution in [0.2, 0.25) is 0 Å². The van der Waals surface area contributed by atoms with Crippen molar-refractivity contribution in [2.45, 2.75) is 13.3 Å². The molecule has 2 heterocycles. The van der Waals surface area contributed by atoms with Crippen molar-refractivity contribution in [3.05, 3.63) is 59.6 Å². The Hall–Kier alpha value is -3.19. The van der Waals surface area contributed by atoms with E-state index in [0.29, 0.717) is 23.0 Å². The molecule has 6 nitrogen and oxygen atoms in total. The number of hydrogen-bond acceptors (Lipinski definition) is 6. The molecular weight excluding hydrogens is 362 g/mol. The number of nitrogens with one attached hydrogen (secondary N) is 1. The zero-order chi connectivity index (χ0) is 18.6. The largest absolute Gasteiger partial charge is 0.494 e. The van der Waals surface area contributed by atoms with Gasteiger partial charge in [0.2, 0.25) is 5.91 Å². The normalized spacial score (nSPS) is 10.9. The zero-order valence-corrected chi connectivity index (χ0v) is 15.5. The number of amides is 1. The number of nitrogens with zero attached hydrogens (tertiary/aromatic N) is 2. The quantitative estimate of drug-likeness (QED) is 0.532. The van der Waals surface area contributed by atoms with Crippen molar-refractivity contribution < 1.29 is 14.1 Å². The van der Waals surface area contributed by atoms with Gasteiger partial charge in [-0.15, -0.1) is 11.3 Å². The maximum absolute atomic E-state index is 12.3. The Morgan fingerprint density at radius 1 is 1.19 bits per heavy atom. The molecule has 2 aromatic carbocycles. The summed E-state index contributed by atoms with van der Waals surface area (Å²) in [6, 6.07) is 15.2. The van der Waals surface area contributed by atoms with Crippen LogP contribution in [0.5, 0.6) is 5.75 Å². The van der Waals surface area contributed by atoms with Crippen molar-refractivity contribution in [2.75, 3.05) is 11.9 Å². The number of carbonyl (C=O) groups is 1. The molecule has 0 atom stereocenters. The third kappa shape index (κ3) is 3.83. The van der Waals surface area contributed by atoms with Crippen molar-refractivity contribution in [1.29, 1.82) is 0 Å². The molecule has 136 valence electrons. The Morgan fingerprint density at radius 2 is 2.00 bits per heavy atom. The van der Waals surface area contributed by atoms with Crippen LogP contribution in [0.1, 0.15) is 12.6 Å². The Morgan fingerprint density at radius 3 is 2.81 bits per heavy atom. The van der Waals surface area contributed by atoms with Gasteiger partial charge < -0.3 is 14.6 Å². The molecule has 0 aliphatic carbocycles. The number of rotatable bonds is 6. The Balaban J connectivity index is 1.43. The third-order valence-electron chi connectivity index (χ3n) is 3.99. The van der Waals surface area contributed by atoms with E-state index < -0.39 is 0 Å². The van der Waals surface area contributed by atoms with Crippen LogP contribution in [-0.2, 0) is 11.2 Å². The standard InChI is InChI=1S/C20H17N3O3S/c1-2-25-14-9-7-13(8-10-14)17-12-27-20(21-17)22-19(24)11-16-15-5-3-4-6-18(15)26-23-16/h3-10,12H,2,11H2,1H3,(H,21,22,24). The van der Waals surface area contributed by atoms with E-state index in [4.69, 9.17) is 9.26 Å². The van der Waals surface area contributed by atoms with E-state index in [1.807, 2.05) is 60.8 Å². The smallest absolute Gasteiger partial charge is 0.232 e. The van der Waals surface area contributed by atoms with Crippen LogP contribution in [0.25, 0.3) is 22.2 Å². The van der Waals surface area contributed by atoms with Gasteiger partial charge in [0.05, 0.1) is 18.7 Å². The van der Waals surface area contributed by atoms with Gasteiger partial charge in [-0.05, 0) is 43.3 Å². The van der Waals surface area contributed by atoms with Gasteiger partial charge >= 0.3 is 0 Å². The number of carbonyl (C=O) groups excluding carboxylic acids is 1. The van der Waals surface area contributed by atoms with E-state index in [0.717, 1.165) is 22.4 Å². The monoisotopic (exact) mass is 379 g/mol. The van der Waals surface area contributed by atoms with Crippen LogP contribution in [0, 0.1) is 0 Å². The number of hydrogen-bond donors (Lipinski definition) is 1. The fourth-order valence-electron chi connectivity index (χ4n) is 2.73. The van der Waals surface area contributed by atoms with Crippen molar-refractivity contribution >= 4 is 33.3 Å². The number of aromatic nitrogens is 2. The van der Waals surface area contributed by atoms with Crippen molar-refractivity contribution in [3.8, 4) is 17.0 Å². The molecule has 0 fully saturated rings. The lowest BCUT2D eigenvalue weighted by Gasteiger charge is -2.03. The molecule has 2 aromatic heterocycles. The van der Waals surface area contributed by atoms with Gasteiger partial charge in [0.25, 0.3) is 0 Å². The number of anilines is 1. The molecule has 0 bridgehead atoms. The predicted octanol–water partition coefficient (Wildman–Crippen LogP) is 4.53. The highest BCUT2D eigenvalue weighted by molar-refractivity contribution is 7.14. The van der Waals surface area contributed by atoms with E-state index >= 15 is 0 Å². The molecule has 0 radical (unpaired) electrons. The van der Waals surface area contributed by atoms with Crippen LogP contribution in [0.4, 0.5) is 5.13 Å². The minimum Gasteiger partial charge on any atom is -0.494 e. The second-order valence-corrected chi connectivity index (χ2v) is 6.70. The summed E-state index contributed by atoms with van der Waals surface area (Å²) in [5.41, 5.74) is 3.07. The molecule has 0 saturated heterocycles. The molecule has 0 spiro atoms. The number of para-hydroxylation sites is 1. The SMILES string of the molecule is CCOc1ccc(-c2csc(NC(=O)Cc3noc4ccccc34)n2)cc1. The first-order valence-corrected chi connectivity index (χ1v) is 9.43. The third-order valence-corrected chi connectivity index (χ3v) is 4.75. The van der Waals surface area contributed by atoms with Gasteiger partial charge in [-0.1, -0.05) is 17.3 Å². The fraction of sp³-hybridized carbons (Fsp3) is 0.150. The molecule has 0 aliphatic rings. The van der Waals surface area contributed by atoms with Crippen molar-refractivity contribution in [1.82, 2.24) is 10.1 Å². The van der Waals surface area contributed by atoms with Crippen LogP contribution >= 0.6 is 11.3 Å². The van der Waals surface area contributed by atoms with Crippen LogP contribution in [0.3, 0.4) is 0 Å². The van der Waals surface area contributed by atoms with Crippen LogP contribution in [-0.4, -0.2) is 22.7 Å². The highest BCUT2D eigenvalue weighted by Crippen LogP contribution is 2.27. The molecule has 1 N–H and O–H groups in total. The van der Waals surface area contributed by atoms with Gasteiger partial charge in [0, 0.05) is 16.3 Å². The van der Waals surface area contributed by atoms with E-state index in [-0.39, 0.29) is 12.3 Å². The summed E-state index contributed by atoms with van der Waals surface area (Å²) in [6.45, 7) is 2.58. The summed E-state index contributed by atoms with van der Waals surface area (Å²) in [5.74, 6) is 0.645. The average Bonchev–Trinajstić information content (AvgIpc) is 3.30. The lowest BCUT2D eigenvalue weighted by molar-refractivity contribution is -0.115. The first-order chi connectivity index (χ1) is 13.2. The van der Waals surface area contributed by atoms with Gasteiger partial charge in [-0.3, -0.25) is 4.79 Å². The molecule has 0 aliphatic heterocycles. The molecular formula is C20H17N3O3S. The molecule has 4 aromatic rings. The van der Waals surface area contributed by atoms with Crippen LogP contribution < -0.4 is 10.1 Å². The van der Waals surface area contributed by atoms with E-state index in [1.54, 1.807) is 0 Å². The molecule has 4 rings (SSSR count). The molecule has 7 heteroatoms. The van der Waals surface area contributed by atoms with E-state index in [9.17, 15) is 4.79 Å². The summed E-state index contributed by atoms with van der Waals surface area (Å²) < 4.78 is 10.7. The summed E-state index contributed by atoms with van der Waals surface area (Å²) in [5, 5.41) is 10.1. The van der Waals surface area contributed by atoms with Gasteiger partial charge in [0.15, 0.2) is 10.7 Å². The van der Waals surface area contributed by atoms with Crippen molar-refractivity contribution in [3.63, 3.8) is 0 Å². The van der Waals surface area contributed by atoms with E-state index in [2.05, 4.69) is 15.5 Å². The fourth-order valence-corrected chi connectivity index (χ4v) is 3.47. The Labute approximate surface area is 159 Å². The summed E-state index contributed by atoms with van der Waals surface area (Å²) in [7, 11) is 0. The number of thiazole rings is 1. The van der Waals surface area contributed by atoms with Gasteiger partial charge in [-0.2, -0.15) is 0 Å². The molecule has 1 amide bonds. The second-order valence-electron chi connectivity index (χ2n) is 5.85. The van der Waals surface area contributed by atoms with E-state index in [1.165, 1.54) is 11.3 Å². The number of benzene rings is 2. The number of fused-ring (bicyclic) bond motifs is 1. The Bertz CT molecular complexity index is 1070. The first-order valence-electron chi connectivity index (χ1n) is 8.55. The molecule has 0 unspecified atom stereocenters. The number of ether oxygens (including phenoxy) is 1. The lowest BCUT2D eigenvalue weighted by Crippen LogP contribution is -2.14. The highest BCUT2D eigenvalue weighted by atomic mass is 32.1. The zero-order valence-electron chi connectivity index (χ0n) is 14.6. The summed E-state index contributed by atoms with van der Waals surface area (Å²) in [6.07, 6.45) is 0.134. The molecule has 0 saturated carbocycles. The van der Waals surface area contributed by atoms with Crippen molar-refractivity contribution in [2.24, 2.45) is 0 Å². The highest BCUT2D eigenvalue weighted by Gasteiger charge is 2.14. The van der Waals surface area contributed by atoms with Gasteiger partial charge in [-0.25, -0.2) is 4.98 Å². The summed E-state index contributed by atoms with van der Waals surface area (Å²) in [4.78, 5) is 16.8. The topological polar surface area (TPSA) is 77.2 Å². The second kappa shape index (κ2) is 7.59. The maximum Gasteiger partial charge on any atom is 0.232 e. The average molecular weight is 379 g/mol. The maximum atomic E-state index is 12.3. The molecule has 27 heavy (non-hydrogen) atoms.